The summed E-state index contributed by atoms with van der Waals surface area (Å²) in [5, 5.41) is 12.6. The molecule has 0 bridgehead atoms. The first kappa shape index (κ1) is 17.8. The van der Waals surface area contributed by atoms with Crippen LogP contribution in [0.15, 0.2) is 42.5 Å². The number of phenols is 1. The number of benzene rings is 2. The number of carbonyl (C=O) groups excluding carboxylic acids is 2. The highest BCUT2D eigenvalue weighted by Gasteiger charge is 2.30. The Morgan fingerprint density at radius 2 is 2.04 bits per heavy atom. The zero-order chi connectivity index (χ0) is 18.7. The Hall–Kier alpha value is -3.02. The number of ether oxygens (including phenoxy) is 1. The zero-order valence-electron chi connectivity index (χ0n) is 14.9. The zero-order valence-corrected chi connectivity index (χ0v) is 14.9. The lowest BCUT2D eigenvalue weighted by molar-refractivity contribution is -0.132. The van der Waals surface area contributed by atoms with E-state index < -0.39 is 0 Å². The van der Waals surface area contributed by atoms with Crippen molar-refractivity contribution in [3.05, 3.63) is 53.6 Å². The minimum atomic E-state index is -0.288. The van der Waals surface area contributed by atoms with E-state index in [-0.39, 0.29) is 30.0 Å². The fourth-order valence-electron chi connectivity index (χ4n) is 3.40. The summed E-state index contributed by atoms with van der Waals surface area (Å²) in [4.78, 5) is 26.3. The fraction of sp³-hybridized carbons (Fsp3) is 0.300. The summed E-state index contributed by atoms with van der Waals surface area (Å²) >= 11 is 0. The van der Waals surface area contributed by atoms with Crippen molar-refractivity contribution in [1.29, 1.82) is 0 Å². The van der Waals surface area contributed by atoms with E-state index in [0.29, 0.717) is 18.0 Å². The third-order valence-corrected chi connectivity index (χ3v) is 4.66. The molecule has 2 amide bonds. The molecule has 136 valence electrons. The van der Waals surface area contributed by atoms with E-state index in [4.69, 9.17) is 4.74 Å². The highest BCUT2D eigenvalue weighted by atomic mass is 16.5. The Morgan fingerprint density at radius 3 is 2.73 bits per heavy atom. The van der Waals surface area contributed by atoms with Gasteiger partial charge in [-0.1, -0.05) is 24.3 Å². The van der Waals surface area contributed by atoms with E-state index in [0.717, 1.165) is 12.0 Å². The minimum Gasteiger partial charge on any atom is -0.504 e. The summed E-state index contributed by atoms with van der Waals surface area (Å²) in [5.41, 5.74) is 2.67. The summed E-state index contributed by atoms with van der Waals surface area (Å²) < 4.78 is 5.00. The van der Waals surface area contributed by atoms with Gasteiger partial charge in [0.2, 0.25) is 11.8 Å². The molecular weight excluding hydrogens is 332 g/mol. The Morgan fingerprint density at radius 1 is 1.27 bits per heavy atom. The number of rotatable bonds is 4. The number of hydrogen-bond donors (Lipinski definition) is 2. The van der Waals surface area contributed by atoms with E-state index in [1.54, 1.807) is 17.0 Å². The van der Waals surface area contributed by atoms with Crippen LogP contribution in [0.3, 0.4) is 0 Å². The van der Waals surface area contributed by atoms with Gasteiger partial charge in [-0.3, -0.25) is 9.59 Å². The monoisotopic (exact) mass is 354 g/mol. The van der Waals surface area contributed by atoms with E-state index in [1.807, 2.05) is 24.3 Å². The number of hydrogen-bond acceptors (Lipinski definition) is 4. The number of nitrogens with zero attached hydrogens (tertiary/aromatic N) is 1. The van der Waals surface area contributed by atoms with Gasteiger partial charge >= 0.3 is 0 Å². The van der Waals surface area contributed by atoms with Crippen molar-refractivity contribution in [3.8, 4) is 11.5 Å². The molecule has 2 aromatic carbocycles. The highest BCUT2D eigenvalue weighted by Crippen LogP contribution is 2.33. The van der Waals surface area contributed by atoms with Crippen LogP contribution < -0.4 is 10.1 Å². The molecule has 1 atom stereocenters. The van der Waals surface area contributed by atoms with Gasteiger partial charge in [0.15, 0.2) is 11.5 Å². The van der Waals surface area contributed by atoms with Gasteiger partial charge in [-0.2, -0.15) is 0 Å². The second-order valence-electron chi connectivity index (χ2n) is 6.32. The molecule has 0 aromatic heterocycles. The lowest BCUT2D eigenvalue weighted by Crippen LogP contribution is -2.40. The first-order chi connectivity index (χ1) is 12.5. The first-order valence-corrected chi connectivity index (χ1v) is 8.51. The first-order valence-electron chi connectivity index (χ1n) is 8.51. The summed E-state index contributed by atoms with van der Waals surface area (Å²) in [6, 6.07) is 12.3. The molecule has 0 spiro atoms. The molecule has 0 radical (unpaired) electrons. The van der Waals surface area contributed by atoms with Crippen molar-refractivity contribution >= 4 is 17.5 Å². The van der Waals surface area contributed by atoms with Crippen LogP contribution in [0, 0.1) is 0 Å². The summed E-state index contributed by atoms with van der Waals surface area (Å²) in [6.45, 7) is 2.13. The number of aromatic hydroxyl groups is 1. The van der Waals surface area contributed by atoms with Crippen molar-refractivity contribution < 1.29 is 19.4 Å². The Kier molecular flexibility index (Phi) is 5.11. The van der Waals surface area contributed by atoms with Crippen molar-refractivity contribution in [3.63, 3.8) is 0 Å². The Labute approximate surface area is 152 Å². The van der Waals surface area contributed by atoms with Crippen LogP contribution in [-0.4, -0.2) is 35.5 Å². The van der Waals surface area contributed by atoms with Crippen LogP contribution in [0.25, 0.3) is 0 Å². The molecule has 2 N–H and O–H groups in total. The average molecular weight is 354 g/mol. The SMILES string of the molecule is COc1ccc(NC(=O)CC2c3ccccc3CCN2C(C)=O)cc1O. The van der Waals surface area contributed by atoms with Crippen LogP contribution in [0.2, 0.25) is 0 Å². The molecule has 6 nitrogen and oxygen atoms in total. The van der Waals surface area contributed by atoms with E-state index in [1.165, 1.54) is 25.7 Å². The third-order valence-electron chi connectivity index (χ3n) is 4.66. The fourth-order valence-corrected chi connectivity index (χ4v) is 3.40. The van der Waals surface area contributed by atoms with Gasteiger partial charge in [-0.05, 0) is 29.7 Å². The quantitative estimate of drug-likeness (QED) is 0.885. The van der Waals surface area contributed by atoms with E-state index >= 15 is 0 Å². The molecule has 0 aliphatic carbocycles. The number of phenolic OH excluding ortho intramolecular Hbond substituents is 1. The highest BCUT2D eigenvalue weighted by molar-refractivity contribution is 5.92. The lowest BCUT2D eigenvalue weighted by atomic mass is 9.90. The molecule has 1 unspecified atom stereocenters. The molecule has 2 aromatic rings. The number of fused-ring (bicyclic) bond motifs is 1. The molecule has 0 saturated carbocycles. The van der Waals surface area contributed by atoms with Crippen molar-refractivity contribution in [2.24, 2.45) is 0 Å². The molecular formula is C20H22N2O4. The number of carbonyl (C=O) groups is 2. The van der Waals surface area contributed by atoms with E-state index in [2.05, 4.69) is 5.32 Å². The minimum absolute atomic E-state index is 0.0422. The number of amides is 2. The van der Waals surface area contributed by atoms with Gasteiger partial charge in [0.1, 0.15) is 0 Å². The van der Waals surface area contributed by atoms with Gasteiger partial charge < -0.3 is 20.1 Å². The van der Waals surface area contributed by atoms with Gasteiger partial charge in [0.05, 0.1) is 19.6 Å². The third kappa shape index (κ3) is 3.64. The lowest BCUT2D eigenvalue weighted by Gasteiger charge is -2.36. The summed E-state index contributed by atoms with van der Waals surface area (Å²) in [5.74, 6) is 0.0348. The van der Waals surface area contributed by atoms with Crippen LogP contribution in [0.1, 0.15) is 30.5 Å². The predicted octanol–water partition coefficient (Wildman–Crippen LogP) is 2.88. The average Bonchev–Trinajstić information content (AvgIpc) is 2.62. The molecule has 1 aliphatic rings. The maximum absolute atomic E-state index is 12.6. The Balaban J connectivity index is 1.78. The number of anilines is 1. The topological polar surface area (TPSA) is 78.9 Å². The second kappa shape index (κ2) is 7.47. The molecule has 0 saturated heterocycles. The van der Waals surface area contributed by atoms with Crippen LogP contribution >= 0.6 is 0 Å². The van der Waals surface area contributed by atoms with Crippen molar-refractivity contribution in [2.45, 2.75) is 25.8 Å². The standard InChI is InChI=1S/C20H22N2O4/c1-13(23)22-10-9-14-5-3-4-6-16(14)17(22)12-20(25)21-15-7-8-19(26-2)18(24)11-15/h3-8,11,17,24H,9-10,12H2,1-2H3,(H,21,25). The maximum atomic E-state index is 12.6. The molecule has 1 heterocycles. The summed E-state index contributed by atoms with van der Waals surface area (Å²) in [6.07, 6.45) is 0.948. The van der Waals surface area contributed by atoms with Crippen LogP contribution in [-0.2, 0) is 16.0 Å². The largest absolute Gasteiger partial charge is 0.504 e. The number of methoxy groups -OCH3 is 1. The second-order valence-corrected chi connectivity index (χ2v) is 6.32. The van der Waals surface area contributed by atoms with Crippen LogP contribution in [0.5, 0.6) is 11.5 Å². The molecule has 26 heavy (non-hydrogen) atoms. The molecule has 6 heteroatoms. The van der Waals surface area contributed by atoms with Gasteiger partial charge in [-0.15, -0.1) is 0 Å². The molecule has 3 rings (SSSR count). The number of nitrogens with one attached hydrogen (secondary N) is 1. The maximum Gasteiger partial charge on any atom is 0.226 e. The Bertz CT molecular complexity index is 834. The van der Waals surface area contributed by atoms with E-state index in [9.17, 15) is 14.7 Å². The van der Waals surface area contributed by atoms with Crippen molar-refractivity contribution in [2.75, 3.05) is 19.0 Å². The normalized spacial score (nSPS) is 15.9. The summed E-state index contributed by atoms with van der Waals surface area (Å²) in [7, 11) is 1.46. The van der Waals surface area contributed by atoms with Crippen LogP contribution in [0.4, 0.5) is 5.69 Å². The smallest absolute Gasteiger partial charge is 0.226 e. The van der Waals surface area contributed by atoms with Gasteiger partial charge in [0.25, 0.3) is 0 Å². The predicted molar refractivity (Wildman–Crippen MR) is 98.2 cm³/mol. The van der Waals surface area contributed by atoms with Crippen molar-refractivity contribution in [1.82, 2.24) is 4.90 Å². The molecule has 0 fully saturated rings. The van der Waals surface area contributed by atoms with Gasteiger partial charge in [0, 0.05) is 25.2 Å². The van der Waals surface area contributed by atoms with Gasteiger partial charge in [-0.25, -0.2) is 0 Å². The molecule has 1 aliphatic heterocycles.